The number of allylic oxidation sites excluding steroid dienone is 1. The summed E-state index contributed by atoms with van der Waals surface area (Å²) in [7, 11) is 0. The zero-order chi connectivity index (χ0) is 13.1. The number of ether oxygens (including phenoxy) is 1. The van der Waals surface area contributed by atoms with E-state index < -0.39 is 5.97 Å². The fourth-order valence-electron chi connectivity index (χ4n) is 1.42. The van der Waals surface area contributed by atoms with Gasteiger partial charge in [-0.2, -0.15) is 4.68 Å². The van der Waals surface area contributed by atoms with Crippen molar-refractivity contribution >= 4 is 24.0 Å². The summed E-state index contributed by atoms with van der Waals surface area (Å²) in [6, 6.07) is 0. The number of aliphatic imine (C=N–C) groups is 2. The highest BCUT2D eigenvalue weighted by molar-refractivity contribution is 6.12. The zero-order valence-electron chi connectivity index (χ0n) is 9.84. The van der Waals surface area contributed by atoms with Crippen LogP contribution in [-0.4, -0.2) is 45.6 Å². The Morgan fingerprint density at radius 2 is 2.39 bits per heavy atom. The van der Waals surface area contributed by atoms with Gasteiger partial charge in [0, 0.05) is 5.87 Å². The second-order valence-electron chi connectivity index (χ2n) is 3.33. The normalized spacial score (nSPS) is 13.4. The van der Waals surface area contributed by atoms with Gasteiger partial charge in [-0.1, -0.05) is 5.21 Å². The molecule has 0 saturated carbocycles. The van der Waals surface area contributed by atoms with E-state index in [1.807, 2.05) is 0 Å². The molecule has 8 heteroatoms. The number of nitrogens with one attached hydrogen (secondary N) is 1. The maximum absolute atomic E-state index is 11.6. The molecule has 2 heterocycles. The lowest BCUT2D eigenvalue weighted by molar-refractivity contribution is 0.0518. The molecule has 2 rings (SSSR count). The largest absolute Gasteiger partial charge is 0.461 e. The van der Waals surface area contributed by atoms with Crippen molar-refractivity contribution in [3.05, 3.63) is 17.1 Å². The first-order valence-corrected chi connectivity index (χ1v) is 5.19. The van der Waals surface area contributed by atoms with Gasteiger partial charge in [0.2, 0.25) is 0 Å². The first kappa shape index (κ1) is 11.9. The van der Waals surface area contributed by atoms with Crippen LogP contribution in [0.1, 0.15) is 23.1 Å². The summed E-state index contributed by atoms with van der Waals surface area (Å²) in [5.74, 6) is 1.91. The van der Waals surface area contributed by atoms with E-state index in [-0.39, 0.29) is 18.0 Å². The van der Waals surface area contributed by atoms with Crippen LogP contribution < -0.4 is 0 Å². The quantitative estimate of drug-likeness (QED) is 0.593. The monoisotopic (exact) mass is 246 g/mol. The molecule has 0 amide bonds. The van der Waals surface area contributed by atoms with Crippen LogP contribution in [0.2, 0.25) is 0 Å². The van der Waals surface area contributed by atoms with Gasteiger partial charge in [0.25, 0.3) is 0 Å². The molecule has 0 saturated heterocycles. The Balaban J connectivity index is 2.38. The van der Waals surface area contributed by atoms with E-state index >= 15 is 0 Å². The molecule has 0 aliphatic carbocycles. The van der Waals surface area contributed by atoms with Crippen molar-refractivity contribution in [1.29, 1.82) is 5.41 Å². The van der Waals surface area contributed by atoms with E-state index in [1.54, 1.807) is 13.8 Å². The maximum Gasteiger partial charge on any atom is 0.360 e. The van der Waals surface area contributed by atoms with Crippen molar-refractivity contribution in [2.24, 2.45) is 9.98 Å². The number of carbonyl (C=O) groups excluding carboxylic acids is 1. The highest BCUT2D eigenvalue weighted by Crippen LogP contribution is 2.11. The Hall–Kier alpha value is -2.60. The molecule has 0 spiro atoms. The predicted octanol–water partition coefficient (Wildman–Crippen LogP) is 0.184. The number of carbonyl (C=O) groups is 1. The summed E-state index contributed by atoms with van der Waals surface area (Å²) in [6.45, 7) is 3.64. The molecular weight excluding hydrogens is 236 g/mol. The van der Waals surface area contributed by atoms with Gasteiger partial charge < -0.3 is 4.74 Å². The molecular formula is C10H10N6O2. The van der Waals surface area contributed by atoms with Gasteiger partial charge in [-0.25, -0.2) is 14.8 Å². The second kappa shape index (κ2) is 4.72. The lowest BCUT2D eigenvalue weighted by Gasteiger charge is -2.02. The van der Waals surface area contributed by atoms with Crippen LogP contribution in [-0.2, 0) is 4.74 Å². The summed E-state index contributed by atoms with van der Waals surface area (Å²) in [4.78, 5) is 19.4. The summed E-state index contributed by atoms with van der Waals surface area (Å²) in [6.07, 6.45) is 1.29. The van der Waals surface area contributed by atoms with E-state index in [1.165, 1.54) is 11.0 Å². The Labute approximate surface area is 102 Å². The molecule has 18 heavy (non-hydrogen) atoms. The number of aromatic nitrogens is 3. The van der Waals surface area contributed by atoms with Crippen LogP contribution in [0, 0.1) is 12.3 Å². The van der Waals surface area contributed by atoms with Gasteiger partial charge in [0.15, 0.2) is 17.2 Å². The SMILES string of the molecule is CCOC(=O)c1nnn(C2=NC=NC2=C=N)c1C. The van der Waals surface area contributed by atoms with E-state index in [9.17, 15) is 4.79 Å². The molecule has 8 nitrogen and oxygen atoms in total. The zero-order valence-corrected chi connectivity index (χ0v) is 9.84. The van der Waals surface area contributed by atoms with E-state index in [4.69, 9.17) is 10.1 Å². The predicted molar refractivity (Wildman–Crippen MR) is 63.3 cm³/mol. The van der Waals surface area contributed by atoms with Gasteiger partial charge in [0.1, 0.15) is 6.34 Å². The minimum atomic E-state index is -0.541. The minimum absolute atomic E-state index is 0.121. The van der Waals surface area contributed by atoms with Crippen molar-refractivity contribution in [2.45, 2.75) is 13.8 Å². The Morgan fingerprint density at radius 1 is 1.61 bits per heavy atom. The van der Waals surface area contributed by atoms with E-state index in [0.29, 0.717) is 11.5 Å². The highest BCUT2D eigenvalue weighted by atomic mass is 16.5. The third-order valence-electron chi connectivity index (χ3n) is 2.26. The van der Waals surface area contributed by atoms with Gasteiger partial charge in [0.05, 0.1) is 12.3 Å². The van der Waals surface area contributed by atoms with Crippen LogP contribution in [0.5, 0.6) is 0 Å². The molecule has 0 aromatic carbocycles. The fourth-order valence-corrected chi connectivity index (χ4v) is 1.42. The number of hydrogen-bond acceptors (Lipinski definition) is 7. The second-order valence-corrected chi connectivity index (χ2v) is 3.33. The summed E-state index contributed by atoms with van der Waals surface area (Å²) < 4.78 is 6.18. The van der Waals surface area contributed by atoms with Crippen LogP contribution in [0.3, 0.4) is 0 Å². The number of esters is 1. The number of rotatable bonds is 2. The molecule has 92 valence electrons. The van der Waals surface area contributed by atoms with Crippen molar-refractivity contribution in [2.75, 3.05) is 6.61 Å². The third-order valence-corrected chi connectivity index (χ3v) is 2.26. The van der Waals surface area contributed by atoms with Crippen molar-refractivity contribution in [1.82, 2.24) is 15.0 Å². The lowest BCUT2D eigenvalue weighted by Crippen LogP contribution is -2.16. The Morgan fingerprint density at radius 3 is 3.06 bits per heavy atom. The molecule has 0 atom stereocenters. The molecule has 0 bridgehead atoms. The standard InChI is InChI=1S/C10H10N6O2/c1-3-18-10(17)8-6(2)16(15-14-8)9-7(4-11)12-5-13-9/h5,11H,3H2,1-2H3. The molecule has 1 aromatic heterocycles. The topological polar surface area (TPSA) is 106 Å². The van der Waals surface area contributed by atoms with Gasteiger partial charge in [-0.3, -0.25) is 5.41 Å². The Bertz CT molecular complexity index is 606. The molecule has 1 aliphatic heterocycles. The Kier molecular flexibility index (Phi) is 3.11. The summed E-state index contributed by atoms with van der Waals surface area (Å²) in [5, 5.41) is 14.6. The first-order valence-electron chi connectivity index (χ1n) is 5.19. The van der Waals surface area contributed by atoms with Crippen molar-refractivity contribution in [3.63, 3.8) is 0 Å². The average Bonchev–Trinajstić information content (AvgIpc) is 2.94. The molecule has 1 N–H and O–H groups in total. The smallest absolute Gasteiger partial charge is 0.360 e. The van der Waals surface area contributed by atoms with Gasteiger partial charge in [-0.05, 0) is 13.8 Å². The molecule has 0 fully saturated rings. The maximum atomic E-state index is 11.6. The molecule has 0 unspecified atom stereocenters. The molecule has 0 radical (unpaired) electrons. The van der Waals surface area contributed by atoms with Crippen LogP contribution in [0.25, 0.3) is 0 Å². The third kappa shape index (κ3) is 1.85. The summed E-state index contributed by atoms with van der Waals surface area (Å²) in [5.41, 5.74) is 0.833. The summed E-state index contributed by atoms with van der Waals surface area (Å²) >= 11 is 0. The first-order chi connectivity index (χ1) is 8.69. The lowest BCUT2D eigenvalue weighted by atomic mass is 10.3. The van der Waals surface area contributed by atoms with Crippen molar-refractivity contribution < 1.29 is 9.53 Å². The van der Waals surface area contributed by atoms with Gasteiger partial charge in [-0.15, -0.1) is 5.10 Å². The molecule has 1 aliphatic rings. The van der Waals surface area contributed by atoms with Crippen LogP contribution >= 0.6 is 0 Å². The van der Waals surface area contributed by atoms with Gasteiger partial charge >= 0.3 is 5.97 Å². The van der Waals surface area contributed by atoms with Crippen molar-refractivity contribution in [3.8, 4) is 0 Å². The van der Waals surface area contributed by atoms with Crippen LogP contribution in [0.4, 0.5) is 0 Å². The molecule has 1 aromatic rings. The highest BCUT2D eigenvalue weighted by Gasteiger charge is 2.22. The van der Waals surface area contributed by atoms with Crippen LogP contribution in [0.15, 0.2) is 15.7 Å². The average molecular weight is 246 g/mol. The number of hydrogen-bond donors (Lipinski definition) is 1. The fraction of sp³-hybridized carbons (Fsp3) is 0.300. The van der Waals surface area contributed by atoms with E-state index in [0.717, 1.165) is 0 Å². The minimum Gasteiger partial charge on any atom is -0.461 e. The van der Waals surface area contributed by atoms with E-state index in [2.05, 4.69) is 26.2 Å². The number of nitrogens with zero attached hydrogens (tertiary/aromatic N) is 5.